The van der Waals surface area contributed by atoms with E-state index in [0.717, 1.165) is 0 Å². The Kier molecular flexibility index (Phi) is 3.82. The van der Waals surface area contributed by atoms with E-state index in [-0.39, 0.29) is 17.2 Å². The van der Waals surface area contributed by atoms with Crippen molar-refractivity contribution in [2.24, 2.45) is 12.8 Å². The minimum Gasteiger partial charge on any atom is -0.364 e. The van der Waals surface area contributed by atoms with Gasteiger partial charge in [0.05, 0.1) is 17.6 Å². The summed E-state index contributed by atoms with van der Waals surface area (Å²) in [5.74, 6) is -1.46. The Morgan fingerprint density at radius 1 is 1.21 bits per heavy atom. The van der Waals surface area contributed by atoms with Crippen LogP contribution in [0.25, 0.3) is 5.69 Å². The number of primary amides is 1. The van der Waals surface area contributed by atoms with Gasteiger partial charge in [0.25, 0.3) is 11.8 Å². The molecule has 122 valence electrons. The van der Waals surface area contributed by atoms with E-state index >= 15 is 0 Å². The number of nitrogens with zero attached hydrogens (tertiary/aromatic N) is 4. The number of rotatable bonds is 4. The molecule has 0 aliphatic rings. The maximum Gasteiger partial charge on any atom is 0.277 e. The Morgan fingerprint density at radius 2 is 1.92 bits per heavy atom. The number of aromatic nitrogens is 4. The minimum atomic E-state index is -0.597. The van der Waals surface area contributed by atoms with Crippen LogP contribution in [-0.2, 0) is 7.05 Å². The highest BCUT2D eigenvalue weighted by Gasteiger charge is 2.14. The lowest BCUT2D eigenvalue weighted by atomic mass is 10.3. The highest BCUT2D eigenvalue weighted by atomic mass is 19.1. The zero-order valence-electron chi connectivity index (χ0n) is 12.6. The second-order valence-electron chi connectivity index (χ2n) is 5.07. The van der Waals surface area contributed by atoms with Gasteiger partial charge in [-0.25, -0.2) is 9.07 Å². The molecule has 3 aromatic rings. The van der Waals surface area contributed by atoms with Crippen LogP contribution in [0, 0.1) is 5.82 Å². The van der Waals surface area contributed by atoms with Crippen molar-refractivity contribution in [3.05, 3.63) is 59.9 Å². The SMILES string of the molecule is Cn1cc(NC(=O)c2cn(-c3ccc(F)cc3)nn2)cc1C(N)=O. The molecule has 0 atom stereocenters. The van der Waals surface area contributed by atoms with Gasteiger partial charge in [0.15, 0.2) is 5.69 Å². The van der Waals surface area contributed by atoms with Crippen molar-refractivity contribution >= 4 is 17.5 Å². The van der Waals surface area contributed by atoms with Gasteiger partial charge in [-0.15, -0.1) is 5.10 Å². The van der Waals surface area contributed by atoms with E-state index in [0.29, 0.717) is 11.4 Å². The third kappa shape index (κ3) is 3.00. The number of carbonyl (C=O) groups is 2. The Hall–Kier alpha value is -3.49. The third-order valence-electron chi connectivity index (χ3n) is 3.33. The van der Waals surface area contributed by atoms with Crippen LogP contribution in [0.5, 0.6) is 0 Å². The molecular formula is C15H13FN6O2. The number of amides is 2. The fraction of sp³-hybridized carbons (Fsp3) is 0.0667. The lowest BCUT2D eigenvalue weighted by Crippen LogP contribution is -2.14. The molecular weight excluding hydrogens is 315 g/mol. The second kappa shape index (κ2) is 5.95. The summed E-state index contributed by atoms with van der Waals surface area (Å²) in [6.45, 7) is 0. The lowest BCUT2D eigenvalue weighted by molar-refractivity contribution is 0.0989. The number of nitrogens with one attached hydrogen (secondary N) is 1. The van der Waals surface area contributed by atoms with E-state index in [9.17, 15) is 14.0 Å². The van der Waals surface area contributed by atoms with E-state index in [2.05, 4.69) is 15.6 Å². The van der Waals surface area contributed by atoms with Gasteiger partial charge in [0.2, 0.25) is 0 Å². The molecule has 0 aliphatic heterocycles. The molecule has 0 bridgehead atoms. The van der Waals surface area contributed by atoms with Crippen molar-refractivity contribution < 1.29 is 14.0 Å². The normalized spacial score (nSPS) is 10.6. The molecule has 2 heterocycles. The highest BCUT2D eigenvalue weighted by Crippen LogP contribution is 2.14. The van der Waals surface area contributed by atoms with Crippen LogP contribution in [0.15, 0.2) is 42.7 Å². The van der Waals surface area contributed by atoms with Gasteiger partial charge in [-0.2, -0.15) is 0 Å². The van der Waals surface area contributed by atoms with Crippen LogP contribution < -0.4 is 11.1 Å². The van der Waals surface area contributed by atoms with Crippen molar-refractivity contribution in [3.63, 3.8) is 0 Å². The summed E-state index contributed by atoms with van der Waals surface area (Å²) in [6, 6.07) is 7.06. The van der Waals surface area contributed by atoms with Crippen LogP contribution in [0.1, 0.15) is 21.0 Å². The number of aryl methyl sites for hydroxylation is 1. The summed E-state index contributed by atoms with van der Waals surface area (Å²) in [5, 5.41) is 10.2. The van der Waals surface area contributed by atoms with E-state index in [1.54, 1.807) is 13.2 Å². The first kappa shape index (κ1) is 15.4. The van der Waals surface area contributed by atoms with Gasteiger partial charge in [0.1, 0.15) is 11.5 Å². The number of halogens is 1. The monoisotopic (exact) mass is 328 g/mol. The molecule has 0 saturated heterocycles. The summed E-state index contributed by atoms with van der Waals surface area (Å²) in [5.41, 5.74) is 6.54. The van der Waals surface area contributed by atoms with Crippen molar-refractivity contribution in [3.8, 4) is 5.69 Å². The predicted molar refractivity (Wildman–Crippen MR) is 83.2 cm³/mol. The van der Waals surface area contributed by atoms with Crippen molar-refractivity contribution in [1.29, 1.82) is 0 Å². The molecule has 2 amide bonds. The van der Waals surface area contributed by atoms with Crippen LogP contribution in [-0.4, -0.2) is 31.4 Å². The van der Waals surface area contributed by atoms with Crippen LogP contribution >= 0.6 is 0 Å². The molecule has 24 heavy (non-hydrogen) atoms. The quantitative estimate of drug-likeness (QED) is 0.747. The molecule has 3 rings (SSSR count). The minimum absolute atomic E-state index is 0.0730. The first-order valence-electron chi connectivity index (χ1n) is 6.90. The van der Waals surface area contributed by atoms with Gasteiger partial charge < -0.3 is 15.6 Å². The highest BCUT2D eigenvalue weighted by molar-refractivity contribution is 6.03. The van der Waals surface area contributed by atoms with E-state index in [1.807, 2.05) is 0 Å². The fourth-order valence-corrected chi connectivity index (χ4v) is 2.16. The maximum atomic E-state index is 12.9. The first-order chi connectivity index (χ1) is 11.4. The zero-order valence-corrected chi connectivity index (χ0v) is 12.6. The van der Waals surface area contributed by atoms with E-state index < -0.39 is 11.8 Å². The molecule has 3 N–H and O–H groups in total. The van der Waals surface area contributed by atoms with Crippen LogP contribution in [0.3, 0.4) is 0 Å². The molecule has 2 aromatic heterocycles. The third-order valence-corrected chi connectivity index (χ3v) is 3.33. The van der Waals surface area contributed by atoms with Gasteiger partial charge in [-0.3, -0.25) is 9.59 Å². The number of nitrogens with two attached hydrogens (primary N) is 1. The Morgan fingerprint density at radius 3 is 2.54 bits per heavy atom. The molecule has 0 spiro atoms. The topological polar surface area (TPSA) is 108 Å². The molecule has 0 radical (unpaired) electrons. The number of benzene rings is 1. The number of carbonyl (C=O) groups excluding carboxylic acids is 2. The lowest BCUT2D eigenvalue weighted by Gasteiger charge is -1.99. The van der Waals surface area contributed by atoms with E-state index in [1.165, 1.54) is 45.8 Å². The van der Waals surface area contributed by atoms with Crippen LogP contribution in [0.2, 0.25) is 0 Å². The Labute approximate surface area is 135 Å². The summed E-state index contributed by atoms with van der Waals surface area (Å²) < 4.78 is 15.8. The van der Waals surface area contributed by atoms with Crippen molar-refractivity contribution in [2.45, 2.75) is 0 Å². The van der Waals surface area contributed by atoms with Gasteiger partial charge in [-0.05, 0) is 30.3 Å². The number of hydrogen-bond acceptors (Lipinski definition) is 4. The molecule has 0 saturated carbocycles. The first-order valence-corrected chi connectivity index (χ1v) is 6.90. The zero-order chi connectivity index (χ0) is 17.3. The van der Waals surface area contributed by atoms with Gasteiger partial charge >= 0.3 is 0 Å². The fourth-order valence-electron chi connectivity index (χ4n) is 2.16. The van der Waals surface area contributed by atoms with Gasteiger partial charge in [-0.1, -0.05) is 5.21 Å². The molecule has 8 nitrogen and oxygen atoms in total. The number of hydrogen-bond donors (Lipinski definition) is 2. The smallest absolute Gasteiger partial charge is 0.277 e. The van der Waals surface area contributed by atoms with E-state index in [4.69, 9.17) is 5.73 Å². The average molecular weight is 328 g/mol. The molecule has 0 fully saturated rings. The largest absolute Gasteiger partial charge is 0.364 e. The summed E-state index contributed by atoms with van der Waals surface area (Å²) in [6.07, 6.45) is 2.98. The van der Waals surface area contributed by atoms with Crippen molar-refractivity contribution in [1.82, 2.24) is 19.6 Å². The average Bonchev–Trinajstić information content (AvgIpc) is 3.15. The van der Waals surface area contributed by atoms with Gasteiger partial charge in [0, 0.05) is 13.2 Å². The molecule has 9 heteroatoms. The van der Waals surface area contributed by atoms with Crippen molar-refractivity contribution in [2.75, 3.05) is 5.32 Å². The Bertz CT molecular complexity index is 912. The Balaban J connectivity index is 1.77. The summed E-state index contributed by atoms with van der Waals surface area (Å²) in [7, 11) is 1.64. The molecule has 0 aliphatic carbocycles. The maximum absolute atomic E-state index is 12.9. The second-order valence-corrected chi connectivity index (χ2v) is 5.07. The molecule has 1 aromatic carbocycles. The summed E-state index contributed by atoms with van der Waals surface area (Å²) >= 11 is 0. The molecule has 0 unspecified atom stereocenters. The number of anilines is 1. The van der Waals surface area contributed by atoms with Crippen LogP contribution in [0.4, 0.5) is 10.1 Å². The predicted octanol–water partition coefficient (Wildman–Crippen LogP) is 1.10. The summed E-state index contributed by atoms with van der Waals surface area (Å²) in [4.78, 5) is 23.4. The standard InChI is InChI=1S/C15H13FN6O2/c1-21-7-10(6-13(21)14(17)23)18-15(24)12-8-22(20-19-12)11-4-2-9(16)3-5-11/h2-8H,1H3,(H2,17,23)(H,18,24).